The minimum Gasteiger partial charge on any atom is -0.497 e. The highest BCUT2D eigenvalue weighted by Crippen LogP contribution is 2.46. The van der Waals surface area contributed by atoms with E-state index in [0.717, 1.165) is 37.2 Å². The van der Waals surface area contributed by atoms with Gasteiger partial charge in [0.15, 0.2) is 0 Å². The number of fused-ring (bicyclic) bond motifs is 2. The Morgan fingerprint density at radius 2 is 1.54 bits per heavy atom. The Bertz CT molecular complexity index is 771. The molecular weight excluding hydrogens is 348 g/mol. The van der Waals surface area contributed by atoms with Crippen LogP contribution in [0.2, 0.25) is 0 Å². The molecule has 4 heteroatoms. The molecule has 2 bridgehead atoms. The number of ether oxygens (including phenoxy) is 1. The van der Waals surface area contributed by atoms with Crippen LogP contribution in [0, 0.1) is 0 Å². The lowest BCUT2D eigenvalue weighted by atomic mass is 9.80. The normalized spacial score (nSPS) is 27.3. The molecule has 0 saturated carbocycles. The number of methoxy groups -OCH3 is 1. The molecule has 2 heterocycles. The fourth-order valence-corrected chi connectivity index (χ4v) is 5.04. The van der Waals surface area contributed by atoms with Crippen LogP contribution in [0.15, 0.2) is 48.5 Å². The lowest BCUT2D eigenvalue weighted by Gasteiger charge is -2.44. The number of rotatable bonds is 6. The minimum absolute atomic E-state index is 0.451. The van der Waals surface area contributed by atoms with Gasteiger partial charge in [0.2, 0.25) is 0 Å². The van der Waals surface area contributed by atoms with Gasteiger partial charge in [-0.25, -0.2) is 0 Å². The zero-order valence-corrected chi connectivity index (χ0v) is 17.3. The molecule has 2 aliphatic rings. The Morgan fingerprint density at radius 1 is 0.964 bits per heavy atom. The largest absolute Gasteiger partial charge is 0.497 e. The molecule has 0 spiro atoms. The fraction of sp³-hybridized carbons (Fsp3) is 0.500. The highest BCUT2D eigenvalue weighted by molar-refractivity contribution is 5.32. The molecule has 2 aliphatic heterocycles. The first-order valence-electron chi connectivity index (χ1n) is 10.3. The summed E-state index contributed by atoms with van der Waals surface area (Å²) in [5, 5.41) is 11.4. The van der Waals surface area contributed by atoms with Crippen molar-refractivity contribution in [3.63, 3.8) is 0 Å². The minimum atomic E-state index is -0.718. The molecule has 1 N–H and O–H groups in total. The van der Waals surface area contributed by atoms with Crippen LogP contribution in [-0.4, -0.2) is 48.2 Å². The van der Waals surface area contributed by atoms with Crippen molar-refractivity contribution < 1.29 is 9.84 Å². The van der Waals surface area contributed by atoms with E-state index in [0.29, 0.717) is 12.1 Å². The predicted molar refractivity (Wildman–Crippen MR) is 112 cm³/mol. The van der Waals surface area contributed by atoms with Gasteiger partial charge >= 0.3 is 0 Å². The summed E-state index contributed by atoms with van der Waals surface area (Å²) in [6, 6.07) is 17.9. The predicted octanol–water partition coefficient (Wildman–Crippen LogP) is 3.77. The second-order valence-corrected chi connectivity index (χ2v) is 8.78. The van der Waals surface area contributed by atoms with Gasteiger partial charge in [-0.3, -0.25) is 4.90 Å². The van der Waals surface area contributed by atoms with E-state index in [4.69, 9.17) is 4.74 Å². The van der Waals surface area contributed by atoms with Crippen molar-refractivity contribution in [1.29, 1.82) is 0 Å². The summed E-state index contributed by atoms with van der Waals surface area (Å²) >= 11 is 0. The van der Waals surface area contributed by atoms with Gasteiger partial charge in [-0.05, 0) is 68.6 Å². The average Bonchev–Trinajstić information content (AvgIpc) is 2.93. The van der Waals surface area contributed by atoms with Gasteiger partial charge in [0.1, 0.15) is 5.75 Å². The van der Waals surface area contributed by atoms with E-state index in [1.807, 2.05) is 24.3 Å². The van der Waals surface area contributed by atoms with Crippen LogP contribution in [0.3, 0.4) is 0 Å². The number of piperidine rings is 1. The molecule has 0 aliphatic carbocycles. The number of nitrogens with zero attached hydrogens (tertiary/aromatic N) is 2. The third kappa shape index (κ3) is 3.95. The van der Waals surface area contributed by atoms with E-state index in [1.165, 1.54) is 24.0 Å². The van der Waals surface area contributed by atoms with Crippen LogP contribution in [-0.2, 0) is 18.7 Å². The van der Waals surface area contributed by atoms with Gasteiger partial charge in [0.25, 0.3) is 0 Å². The summed E-state index contributed by atoms with van der Waals surface area (Å²) in [5.74, 6) is 0.838. The molecule has 4 nitrogen and oxygen atoms in total. The highest BCUT2D eigenvalue weighted by atomic mass is 16.5. The standard InChI is InChI=1S/C24H32N2O2/c1-25(2)16-18-4-6-19(7-5-18)17-26-21-10-11-22(26)15-24(27,14-21)20-8-12-23(28-3)13-9-20/h4-9,12-13,21-22,27H,10-11,14-17H2,1-3H3/t21-,22-/m1/s1. The Balaban J connectivity index is 1.45. The smallest absolute Gasteiger partial charge is 0.118 e. The maximum Gasteiger partial charge on any atom is 0.118 e. The SMILES string of the molecule is COc1ccc(C2(O)C[C@H]3CC[C@H](C2)N3Cc2ccc(CN(C)C)cc2)cc1. The molecule has 0 amide bonds. The summed E-state index contributed by atoms with van der Waals surface area (Å²) in [4.78, 5) is 4.82. The summed E-state index contributed by atoms with van der Waals surface area (Å²) < 4.78 is 5.26. The van der Waals surface area contributed by atoms with Crippen LogP contribution in [0.5, 0.6) is 5.75 Å². The molecular formula is C24H32N2O2. The third-order valence-electron chi connectivity index (χ3n) is 6.43. The van der Waals surface area contributed by atoms with Crippen molar-refractivity contribution in [2.45, 2.75) is 56.5 Å². The molecule has 0 unspecified atom stereocenters. The second-order valence-electron chi connectivity index (χ2n) is 8.78. The van der Waals surface area contributed by atoms with Crippen molar-refractivity contribution in [1.82, 2.24) is 9.80 Å². The fourth-order valence-electron chi connectivity index (χ4n) is 5.04. The van der Waals surface area contributed by atoms with Crippen molar-refractivity contribution in [3.05, 3.63) is 65.2 Å². The van der Waals surface area contributed by atoms with E-state index < -0.39 is 5.60 Å². The van der Waals surface area contributed by atoms with Gasteiger partial charge in [0.05, 0.1) is 12.7 Å². The van der Waals surface area contributed by atoms with Crippen LogP contribution in [0.4, 0.5) is 0 Å². The molecule has 28 heavy (non-hydrogen) atoms. The van der Waals surface area contributed by atoms with Crippen LogP contribution in [0.25, 0.3) is 0 Å². The lowest BCUT2D eigenvalue weighted by molar-refractivity contribution is -0.0595. The number of hydrogen-bond donors (Lipinski definition) is 1. The molecule has 4 rings (SSSR count). The first-order chi connectivity index (χ1) is 13.5. The van der Waals surface area contributed by atoms with Crippen molar-refractivity contribution in [2.24, 2.45) is 0 Å². The maximum atomic E-state index is 11.4. The summed E-state index contributed by atoms with van der Waals surface area (Å²) in [5.41, 5.74) is 3.03. The van der Waals surface area contributed by atoms with E-state index in [2.05, 4.69) is 48.2 Å². The summed E-state index contributed by atoms with van der Waals surface area (Å²) in [6.45, 7) is 1.96. The second kappa shape index (κ2) is 7.86. The molecule has 150 valence electrons. The van der Waals surface area contributed by atoms with E-state index >= 15 is 0 Å². The highest BCUT2D eigenvalue weighted by Gasteiger charge is 2.48. The number of aliphatic hydroxyl groups is 1. The molecule has 2 aromatic rings. The van der Waals surface area contributed by atoms with Gasteiger partial charge < -0.3 is 14.7 Å². The van der Waals surface area contributed by atoms with Gasteiger partial charge in [0, 0.05) is 25.2 Å². The topological polar surface area (TPSA) is 35.9 Å². The Hall–Kier alpha value is -1.88. The maximum absolute atomic E-state index is 11.4. The van der Waals surface area contributed by atoms with E-state index in [9.17, 15) is 5.11 Å². The van der Waals surface area contributed by atoms with Crippen molar-refractivity contribution in [2.75, 3.05) is 21.2 Å². The zero-order chi connectivity index (χ0) is 19.7. The Morgan fingerprint density at radius 3 is 2.07 bits per heavy atom. The molecule has 0 aromatic heterocycles. The average molecular weight is 381 g/mol. The first-order valence-corrected chi connectivity index (χ1v) is 10.3. The summed E-state index contributed by atoms with van der Waals surface area (Å²) in [6.07, 6.45) is 3.99. The molecule has 2 fully saturated rings. The molecule has 2 saturated heterocycles. The molecule has 0 radical (unpaired) electrons. The third-order valence-corrected chi connectivity index (χ3v) is 6.43. The summed E-state index contributed by atoms with van der Waals surface area (Å²) in [7, 11) is 5.88. The van der Waals surface area contributed by atoms with E-state index in [1.54, 1.807) is 7.11 Å². The van der Waals surface area contributed by atoms with Gasteiger partial charge in [-0.2, -0.15) is 0 Å². The quantitative estimate of drug-likeness (QED) is 0.828. The molecule has 2 aromatic carbocycles. The molecule has 2 atom stereocenters. The van der Waals surface area contributed by atoms with Crippen LogP contribution >= 0.6 is 0 Å². The van der Waals surface area contributed by atoms with E-state index in [-0.39, 0.29) is 0 Å². The Kier molecular flexibility index (Phi) is 5.46. The number of benzene rings is 2. The van der Waals surface area contributed by atoms with Crippen molar-refractivity contribution >= 4 is 0 Å². The zero-order valence-electron chi connectivity index (χ0n) is 17.3. The first kappa shape index (κ1) is 19.4. The monoisotopic (exact) mass is 380 g/mol. The Labute approximate surface area is 168 Å². The van der Waals surface area contributed by atoms with Gasteiger partial charge in [-0.1, -0.05) is 36.4 Å². The van der Waals surface area contributed by atoms with Crippen molar-refractivity contribution in [3.8, 4) is 5.75 Å². The van der Waals surface area contributed by atoms with Gasteiger partial charge in [-0.15, -0.1) is 0 Å². The number of hydrogen-bond acceptors (Lipinski definition) is 4. The van der Waals surface area contributed by atoms with Crippen LogP contribution in [0.1, 0.15) is 42.4 Å². The van der Waals surface area contributed by atoms with Crippen LogP contribution < -0.4 is 4.74 Å². The lowest BCUT2D eigenvalue weighted by Crippen LogP contribution is -2.49.